The molecule has 0 aliphatic rings. The number of benzene rings is 2. The van der Waals surface area contributed by atoms with Gasteiger partial charge in [-0.15, -0.1) is 36.2 Å². The predicted octanol–water partition coefficient (Wildman–Crippen LogP) is 4.52. The highest BCUT2D eigenvalue weighted by molar-refractivity contribution is 7.18. The second-order valence-electron chi connectivity index (χ2n) is 6.41. The first kappa shape index (κ1) is 23.4. The maximum atomic E-state index is 12.5. The predicted molar refractivity (Wildman–Crippen MR) is 118 cm³/mol. The molecule has 3 atom stereocenters. The molecule has 0 aliphatic heterocycles. The van der Waals surface area contributed by atoms with Crippen LogP contribution < -0.4 is 11.1 Å². The van der Waals surface area contributed by atoms with Gasteiger partial charge in [-0.3, -0.25) is 4.79 Å². The smallest absolute Gasteiger partial charge is 0.224 e. The van der Waals surface area contributed by atoms with Gasteiger partial charge < -0.3 is 11.1 Å². The number of fused-ring (bicyclic) bond motifs is 1. The van der Waals surface area contributed by atoms with Crippen molar-refractivity contribution in [2.45, 2.75) is 32.4 Å². The minimum Gasteiger partial charge on any atom is -0.353 e. The standard InChI is InChI=1S/C20H23N3OS.2ClH/c1-13(12-18-23-16-10-6-7-11-17(16)25-18)22-20(24)14(2)19(21)15-8-4-3-5-9-15;;/h3-11,13-14,19H,12,21H2,1-2H3,(H,22,24);2*1H. The summed E-state index contributed by atoms with van der Waals surface area (Å²) in [4.78, 5) is 17.2. The third-order valence-corrected chi connectivity index (χ3v) is 5.40. The van der Waals surface area contributed by atoms with E-state index in [0.717, 1.165) is 22.5 Å². The van der Waals surface area contributed by atoms with E-state index in [2.05, 4.69) is 16.4 Å². The number of hydrogen-bond acceptors (Lipinski definition) is 4. The molecule has 0 spiro atoms. The minimum atomic E-state index is -0.309. The summed E-state index contributed by atoms with van der Waals surface area (Å²) in [5.74, 6) is -0.315. The molecule has 3 unspecified atom stereocenters. The van der Waals surface area contributed by atoms with E-state index in [1.54, 1.807) is 11.3 Å². The first-order valence-electron chi connectivity index (χ1n) is 8.50. The molecule has 0 saturated carbocycles. The van der Waals surface area contributed by atoms with Crippen LogP contribution in [0.25, 0.3) is 10.2 Å². The molecule has 1 amide bonds. The number of hydrogen-bond donors (Lipinski definition) is 2. The van der Waals surface area contributed by atoms with Crippen LogP contribution in [0.2, 0.25) is 0 Å². The number of carbonyl (C=O) groups excluding carboxylic acids is 1. The van der Waals surface area contributed by atoms with Gasteiger partial charge in [-0.05, 0) is 24.6 Å². The summed E-state index contributed by atoms with van der Waals surface area (Å²) < 4.78 is 1.18. The van der Waals surface area contributed by atoms with Gasteiger partial charge in [0.05, 0.1) is 21.1 Å². The monoisotopic (exact) mass is 425 g/mol. The molecule has 0 radical (unpaired) electrons. The van der Waals surface area contributed by atoms with Crippen LogP contribution in [0.3, 0.4) is 0 Å². The molecule has 0 bridgehead atoms. The second-order valence-corrected chi connectivity index (χ2v) is 7.53. The Morgan fingerprint density at radius 2 is 1.70 bits per heavy atom. The molecule has 0 aliphatic carbocycles. The van der Waals surface area contributed by atoms with Gasteiger partial charge in [0.2, 0.25) is 5.91 Å². The maximum Gasteiger partial charge on any atom is 0.224 e. The van der Waals surface area contributed by atoms with Crippen LogP contribution in [0.15, 0.2) is 54.6 Å². The third kappa shape index (κ3) is 5.91. The number of nitrogens with two attached hydrogens (primary N) is 1. The number of carbonyl (C=O) groups is 1. The number of nitrogens with zero attached hydrogens (tertiary/aromatic N) is 1. The molecule has 0 saturated heterocycles. The van der Waals surface area contributed by atoms with Gasteiger partial charge in [-0.1, -0.05) is 49.4 Å². The fourth-order valence-corrected chi connectivity index (χ4v) is 3.92. The van der Waals surface area contributed by atoms with Crippen LogP contribution in [0, 0.1) is 5.92 Å². The number of rotatable bonds is 6. The number of aromatic nitrogens is 1. The fourth-order valence-electron chi connectivity index (χ4n) is 2.82. The van der Waals surface area contributed by atoms with E-state index in [9.17, 15) is 4.79 Å². The van der Waals surface area contributed by atoms with Crippen molar-refractivity contribution in [2.75, 3.05) is 0 Å². The molecule has 4 nitrogen and oxygen atoms in total. The Hall–Kier alpha value is -1.66. The third-order valence-electron chi connectivity index (χ3n) is 4.34. The molecule has 3 aromatic rings. The highest BCUT2D eigenvalue weighted by Crippen LogP contribution is 2.23. The van der Waals surface area contributed by atoms with Crippen molar-refractivity contribution in [2.24, 2.45) is 11.7 Å². The Labute approximate surface area is 176 Å². The largest absolute Gasteiger partial charge is 0.353 e. The van der Waals surface area contributed by atoms with E-state index < -0.39 is 0 Å². The lowest BCUT2D eigenvalue weighted by Gasteiger charge is -2.22. The first-order chi connectivity index (χ1) is 12.0. The molecule has 7 heteroatoms. The van der Waals surface area contributed by atoms with Gasteiger partial charge >= 0.3 is 0 Å². The SMILES string of the molecule is CC(Cc1nc2ccccc2s1)NC(=O)C(C)C(N)c1ccccc1.Cl.Cl. The van der Waals surface area contributed by atoms with Crippen LogP contribution in [-0.4, -0.2) is 16.9 Å². The van der Waals surface area contributed by atoms with Crippen molar-refractivity contribution in [1.29, 1.82) is 0 Å². The fraction of sp³-hybridized carbons (Fsp3) is 0.300. The summed E-state index contributed by atoms with van der Waals surface area (Å²) in [5, 5.41) is 4.11. The Kier molecular flexibility index (Phi) is 9.19. The Bertz CT molecular complexity index is 824. The summed E-state index contributed by atoms with van der Waals surface area (Å²) in [5.41, 5.74) is 8.24. The van der Waals surface area contributed by atoms with Gasteiger partial charge in [0.25, 0.3) is 0 Å². The van der Waals surface area contributed by atoms with Gasteiger partial charge in [0.15, 0.2) is 0 Å². The van der Waals surface area contributed by atoms with Crippen molar-refractivity contribution in [3.63, 3.8) is 0 Å². The molecule has 146 valence electrons. The van der Waals surface area contributed by atoms with Crippen LogP contribution in [0.4, 0.5) is 0 Å². The lowest BCUT2D eigenvalue weighted by atomic mass is 9.94. The summed E-state index contributed by atoms with van der Waals surface area (Å²) >= 11 is 1.68. The molecule has 1 heterocycles. The van der Waals surface area contributed by atoms with Gasteiger partial charge in [0.1, 0.15) is 0 Å². The number of nitrogens with one attached hydrogen (secondary N) is 1. The van der Waals surface area contributed by atoms with E-state index in [-0.39, 0.29) is 48.7 Å². The zero-order chi connectivity index (χ0) is 17.8. The summed E-state index contributed by atoms with van der Waals surface area (Å²) in [7, 11) is 0. The molecule has 0 fully saturated rings. The molecule has 27 heavy (non-hydrogen) atoms. The van der Waals surface area contributed by atoms with E-state index in [1.807, 2.05) is 62.4 Å². The van der Waals surface area contributed by atoms with Crippen LogP contribution in [0.1, 0.15) is 30.5 Å². The Morgan fingerprint density at radius 1 is 1.07 bits per heavy atom. The number of para-hydroxylation sites is 1. The number of amides is 1. The van der Waals surface area contributed by atoms with Crippen molar-refractivity contribution in [1.82, 2.24) is 10.3 Å². The highest BCUT2D eigenvalue weighted by atomic mass is 35.5. The number of thiazole rings is 1. The van der Waals surface area contributed by atoms with Crippen LogP contribution in [0.5, 0.6) is 0 Å². The molecular weight excluding hydrogens is 401 g/mol. The summed E-state index contributed by atoms with van der Waals surface area (Å²) in [6.45, 7) is 3.88. The average molecular weight is 426 g/mol. The van der Waals surface area contributed by atoms with Crippen molar-refractivity contribution < 1.29 is 4.79 Å². The molecular formula is C20H25Cl2N3OS. The van der Waals surface area contributed by atoms with Crippen LogP contribution in [-0.2, 0) is 11.2 Å². The molecule has 3 N–H and O–H groups in total. The normalized spacial score (nSPS) is 13.7. The van der Waals surface area contributed by atoms with Crippen molar-refractivity contribution >= 4 is 52.3 Å². The maximum absolute atomic E-state index is 12.5. The zero-order valence-corrected chi connectivity index (χ0v) is 17.7. The number of halogens is 2. The lowest BCUT2D eigenvalue weighted by Crippen LogP contribution is -2.41. The van der Waals surface area contributed by atoms with Gasteiger partial charge in [0, 0.05) is 18.5 Å². The first-order valence-corrected chi connectivity index (χ1v) is 9.31. The summed E-state index contributed by atoms with van der Waals surface area (Å²) in [6, 6.07) is 17.5. The van der Waals surface area contributed by atoms with E-state index in [4.69, 9.17) is 5.73 Å². The highest BCUT2D eigenvalue weighted by Gasteiger charge is 2.23. The molecule has 2 aromatic carbocycles. The Balaban J connectivity index is 0.00000182. The zero-order valence-electron chi connectivity index (χ0n) is 15.3. The van der Waals surface area contributed by atoms with Gasteiger partial charge in [-0.25, -0.2) is 4.98 Å². The Morgan fingerprint density at radius 3 is 2.37 bits per heavy atom. The second kappa shape index (κ2) is 10.6. The summed E-state index contributed by atoms with van der Waals surface area (Å²) in [6.07, 6.45) is 0.721. The van der Waals surface area contributed by atoms with Crippen molar-refractivity contribution in [3.05, 3.63) is 65.2 Å². The quantitative estimate of drug-likeness (QED) is 0.609. The van der Waals surface area contributed by atoms with E-state index in [1.165, 1.54) is 4.70 Å². The average Bonchev–Trinajstić information content (AvgIpc) is 3.03. The van der Waals surface area contributed by atoms with E-state index in [0.29, 0.717) is 0 Å². The van der Waals surface area contributed by atoms with Crippen LogP contribution >= 0.6 is 36.2 Å². The van der Waals surface area contributed by atoms with Crippen molar-refractivity contribution in [3.8, 4) is 0 Å². The molecule has 1 aromatic heterocycles. The molecule has 3 rings (SSSR count). The minimum absolute atomic E-state index is 0. The lowest BCUT2D eigenvalue weighted by molar-refractivity contribution is -0.125. The topological polar surface area (TPSA) is 68.0 Å². The van der Waals surface area contributed by atoms with Gasteiger partial charge in [-0.2, -0.15) is 0 Å². The van der Waals surface area contributed by atoms with E-state index >= 15 is 0 Å².